The molecule has 1 heterocycles. The zero-order valence-electron chi connectivity index (χ0n) is 21.9. The maximum absolute atomic E-state index is 16.5. The monoisotopic (exact) mass is 509 g/mol. The molecule has 2 aromatic rings. The van der Waals surface area contributed by atoms with Gasteiger partial charge in [0.2, 0.25) is 11.7 Å². The zero-order chi connectivity index (χ0) is 26.6. The van der Waals surface area contributed by atoms with E-state index in [1.807, 2.05) is 45.0 Å². The number of allylic oxidation sites excluding steroid dienone is 3. The Balaban J connectivity index is 1.58. The third-order valence-corrected chi connectivity index (χ3v) is 6.77. The van der Waals surface area contributed by atoms with Crippen LogP contribution in [0.3, 0.4) is 0 Å². The average molecular weight is 510 g/mol. The fourth-order valence-corrected chi connectivity index (χ4v) is 4.40. The van der Waals surface area contributed by atoms with Gasteiger partial charge in [-0.05, 0) is 51.8 Å². The fourth-order valence-electron chi connectivity index (χ4n) is 4.40. The lowest BCUT2D eigenvalue weighted by atomic mass is 9.90. The van der Waals surface area contributed by atoms with Crippen molar-refractivity contribution in [2.45, 2.75) is 64.3 Å². The summed E-state index contributed by atoms with van der Waals surface area (Å²) in [5.41, 5.74) is 0.126. The number of hydrogen-bond donors (Lipinski definition) is 3. The second-order valence-corrected chi connectivity index (χ2v) is 10.1. The summed E-state index contributed by atoms with van der Waals surface area (Å²) in [7, 11) is 0. The van der Waals surface area contributed by atoms with Crippen LogP contribution in [0, 0.1) is 0 Å². The Kier molecular flexibility index (Phi) is 7.82. The molecule has 0 aliphatic heterocycles. The Hall–Kier alpha value is -3.46. The second-order valence-electron chi connectivity index (χ2n) is 10.1. The van der Waals surface area contributed by atoms with Gasteiger partial charge in [0.05, 0.1) is 5.54 Å². The number of benzene rings is 1. The molecule has 3 N–H and O–H groups in total. The normalized spacial score (nSPS) is 19.6. The zero-order valence-corrected chi connectivity index (χ0v) is 21.9. The number of anilines is 1. The maximum atomic E-state index is 16.5. The van der Waals surface area contributed by atoms with Gasteiger partial charge in [0.15, 0.2) is 5.82 Å². The Morgan fingerprint density at radius 1 is 1.27 bits per heavy atom. The van der Waals surface area contributed by atoms with Crippen LogP contribution in [0.2, 0.25) is 0 Å². The van der Waals surface area contributed by atoms with Gasteiger partial charge < -0.3 is 20.7 Å². The molecular weight excluding hydrogens is 473 g/mol. The van der Waals surface area contributed by atoms with Crippen LogP contribution in [-0.4, -0.2) is 41.2 Å². The quantitative estimate of drug-likeness (QED) is 0.399. The SMILES string of the molecule is CCNCCOc1ccccc1C(C)(C)Nc1nccn(C2(F)CC(C(=O)NC3CC3)=CC=C2C)c1=O. The highest BCUT2D eigenvalue weighted by Gasteiger charge is 2.40. The molecule has 1 atom stereocenters. The van der Waals surface area contributed by atoms with Crippen LogP contribution < -0.4 is 26.2 Å². The van der Waals surface area contributed by atoms with Crippen LogP contribution in [0.5, 0.6) is 5.75 Å². The van der Waals surface area contributed by atoms with Gasteiger partial charge in [-0.2, -0.15) is 0 Å². The first-order valence-corrected chi connectivity index (χ1v) is 12.8. The number of rotatable bonds is 11. The highest BCUT2D eigenvalue weighted by Crippen LogP contribution is 2.38. The van der Waals surface area contributed by atoms with Crippen LogP contribution in [0.25, 0.3) is 0 Å². The number of hydrogen-bond acceptors (Lipinski definition) is 6. The predicted molar refractivity (Wildman–Crippen MR) is 142 cm³/mol. The maximum Gasteiger partial charge on any atom is 0.296 e. The topological polar surface area (TPSA) is 97.3 Å². The summed E-state index contributed by atoms with van der Waals surface area (Å²) in [6, 6.07) is 7.77. The molecular formula is C28H36FN5O3. The lowest BCUT2D eigenvalue weighted by Gasteiger charge is -2.33. The summed E-state index contributed by atoms with van der Waals surface area (Å²) in [5, 5.41) is 9.33. The molecule has 1 amide bonds. The number of amides is 1. The Bertz CT molecular complexity index is 1260. The van der Waals surface area contributed by atoms with E-state index in [1.54, 1.807) is 19.1 Å². The summed E-state index contributed by atoms with van der Waals surface area (Å²) in [4.78, 5) is 30.4. The van der Waals surface area contributed by atoms with Crippen LogP contribution in [0.1, 0.15) is 52.5 Å². The smallest absolute Gasteiger partial charge is 0.296 e. The largest absolute Gasteiger partial charge is 0.492 e. The van der Waals surface area contributed by atoms with Crippen molar-refractivity contribution in [1.82, 2.24) is 20.2 Å². The highest BCUT2D eigenvalue weighted by atomic mass is 19.1. The minimum atomic E-state index is -2.18. The molecule has 2 aliphatic carbocycles. The molecule has 0 saturated heterocycles. The van der Waals surface area contributed by atoms with Gasteiger partial charge >= 0.3 is 0 Å². The van der Waals surface area contributed by atoms with E-state index < -0.39 is 16.9 Å². The number of halogens is 1. The number of nitrogens with one attached hydrogen (secondary N) is 3. The lowest BCUT2D eigenvalue weighted by Crippen LogP contribution is -2.43. The van der Waals surface area contributed by atoms with Crippen LogP contribution in [0.15, 0.2) is 64.8 Å². The predicted octanol–water partition coefficient (Wildman–Crippen LogP) is 3.76. The van der Waals surface area contributed by atoms with Gasteiger partial charge in [-0.25, -0.2) is 9.37 Å². The number of aromatic nitrogens is 2. The van der Waals surface area contributed by atoms with E-state index in [1.165, 1.54) is 12.4 Å². The van der Waals surface area contributed by atoms with Crippen molar-refractivity contribution in [3.05, 3.63) is 75.9 Å². The third-order valence-electron chi connectivity index (χ3n) is 6.77. The van der Waals surface area contributed by atoms with E-state index in [-0.39, 0.29) is 24.2 Å². The Morgan fingerprint density at radius 3 is 2.76 bits per heavy atom. The van der Waals surface area contributed by atoms with Crippen LogP contribution >= 0.6 is 0 Å². The minimum Gasteiger partial charge on any atom is -0.492 e. The molecule has 1 saturated carbocycles. The van der Waals surface area contributed by atoms with E-state index in [2.05, 4.69) is 20.9 Å². The first-order valence-electron chi connectivity index (χ1n) is 12.8. The molecule has 2 aliphatic rings. The van der Waals surface area contributed by atoms with Crippen molar-refractivity contribution in [2.75, 3.05) is 25.0 Å². The second kappa shape index (κ2) is 10.9. The minimum absolute atomic E-state index is 0.0123. The number of carbonyl (C=O) groups is 1. The summed E-state index contributed by atoms with van der Waals surface area (Å²) >= 11 is 0. The summed E-state index contributed by atoms with van der Waals surface area (Å²) in [6.45, 7) is 9.55. The first-order chi connectivity index (χ1) is 17.7. The molecule has 198 valence electrons. The number of nitrogens with zero attached hydrogens (tertiary/aromatic N) is 2. The molecule has 8 nitrogen and oxygen atoms in total. The summed E-state index contributed by atoms with van der Waals surface area (Å²) in [5.74, 6) is -1.77. The number of alkyl halides is 1. The number of ether oxygens (including phenoxy) is 1. The van der Waals surface area contributed by atoms with Crippen molar-refractivity contribution in [3.63, 3.8) is 0 Å². The van der Waals surface area contributed by atoms with Gasteiger partial charge in [-0.3, -0.25) is 14.2 Å². The van der Waals surface area contributed by atoms with Gasteiger partial charge in [-0.1, -0.05) is 37.3 Å². The molecule has 0 spiro atoms. The van der Waals surface area contributed by atoms with E-state index in [4.69, 9.17) is 4.74 Å². The Morgan fingerprint density at radius 2 is 2.03 bits per heavy atom. The molecule has 0 bridgehead atoms. The third kappa shape index (κ3) is 5.93. The highest BCUT2D eigenvalue weighted by molar-refractivity contribution is 5.94. The van der Waals surface area contributed by atoms with Gasteiger partial charge in [0.1, 0.15) is 12.4 Å². The first kappa shape index (κ1) is 26.6. The van der Waals surface area contributed by atoms with Crippen molar-refractivity contribution in [2.24, 2.45) is 0 Å². The van der Waals surface area contributed by atoms with Crippen molar-refractivity contribution < 1.29 is 13.9 Å². The summed E-state index contributed by atoms with van der Waals surface area (Å²) < 4.78 is 23.5. The van der Waals surface area contributed by atoms with Gasteiger partial charge in [0.25, 0.3) is 5.56 Å². The van der Waals surface area contributed by atoms with Crippen LogP contribution in [0.4, 0.5) is 10.2 Å². The molecule has 4 rings (SSSR count). The lowest BCUT2D eigenvalue weighted by molar-refractivity contribution is -0.118. The number of likely N-dealkylation sites (N-methyl/N-ethyl adjacent to an activating group) is 1. The number of carbonyl (C=O) groups excluding carboxylic acids is 1. The van der Waals surface area contributed by atoms with Crippen molar-refractivity contribution >= 4 is 11.7 Å². The standard InChI is InChI=1S/C28H36FN5O3/c1-5-30-15-17-37-23-9-7-6-8-22(23)27(3,4)33-24-26(36)34(16-14-31-24)28(29)18-20(11-10-19(28)2)25(35)32-21-12-13-21/h6-11,14,16,21,30H,5,12-13,15,17-18H2,1-4H3,(H,31,33)(H,32,35). The molecule has 1 aromatic heterocycles. The van der Waals surface area contributed by atoms with Crippen molar-refractivity contribution in [3.8, 4) is 5.75 Å². The molecule has 1 aromatic carbocycles. The molecule has 37 heavy (non-hydrogen) atoms. The van der Waals surface area contributed by atoms with E-state index in [0.717, 1.165) is 29.5 Å². The van der Waals surface area contributed by atoms with E-state index >= 15 is 4.39 Å². The summed E-state index contributed by atoms with van der Waals surface area (Å²) in [6.07, 6.45) is 7.57. The van der Waals surface area contributed by atoms with E-state index in [9.17, 15) is 9.59 Å². The van der Waals surface area contributed by atoms with Gasteiger partial charge in [-0.15, -0.1) is 0 Å². The van der Waals surface area contributed by atoms with E-state index in [0.29, 0.717) is 30.0 Å². The molecule has 1 fully saturated rings. The van der Waals surface area contributed by atoms with Gasteiger partial charge in [0, 0.05) is 42.5 Å². The fraction of sp³-hybridized carbons (Fsp3) is 0.464. The van der Waals surface area contributed by atoms with Crippen molar-refractivity contribution in [1.29, 1.82) is 0 Å². The molecule has 1 unspecified atom stereocenters. The number of para-hydroxylation sites is 1. The molecule has 9 heteroatoms. The van der Waals surface area contributed by atoms with Crippen LogP contribution in [-0.2, 0) is 16.1 Å². The molecule has 0 radical (unpaired) electrons. The Labute approximate surface area is 217 Å². The average Bonchev–Trinajstić information content (AvgIpc) is 3.69.